The minimum Gasteiger partial charge on any atom is -0.444 e. The number of hydrogen-bond acceptors (Lipinski definition) is 3. The molecule has 4 rings (SSSR count). The lowest BCUT2D eigenvalue weighted by Gasteiger charge is -2.29. The summed E-state index contributed by atoms with van der Waals surface area (Å²) in [5.74, 6) is 1.11. The van der Waals surface area contributed by atoms with E-state index >= 15 is 0 Å². The van der Waals surface area contributed by atoms with Crippen LogP contribution in [0.4, 0.5) is 4.79 Å². The van der Waals surface area contributed by atoms with Crippen molar-refractivity contribution < 1.29 is 9.53 Å². The van der Waals surface area contributed by atoms with Crippen molar-refractivity contribution in [2.45, 2.75) is 45.5 Å². The van der Waals surface area contributed by atoms with Crippen LogP contribution < -0.4 is 0 Å². The molecule has 2 aromatic carbocycles. The Kier molecular flexibility index (Phi) is 5.15. The Bertz CT molecular complexity index is 747. The molecule has 0 spiro atoms. The molecule has 0 bridgehead atoms. The number of rotatable bonds is 5. The first kappa shape index (κ1) is 19.0. The van der Waals surface area contributed by atoms with Gasteiger partial charge >= 0.3 is 6.09 Å². The van der Waals surface area contributed by atoms with Crippen LogP contribution in [0.15, 0.2) is 60.7 Å². The summed E-state index contributed by atoms with van der Waals surface area (Å²) in [5, 5.41) is 0. The first-order valence-electron chi connectivity index (χ1n) is 10.2. The molecule has 1 aliphatic heterocycles. The molecule has 2 aromatic rings. The molecule has 1 saturated carbocycles. The predicted molar refractivity (Wildman–Crippen MR) is 111 cm³/mol. The molecule has 0 unspecified atom stereocenters. The highest BCUT2D eigenvalue weighted by Crippen LogP contribution is 2.50. The lowest BCUT2D eigenvalue weighted by atomic mass is 10.1. The first-order chi connectivity index (χ1) is 13.4. The van der Waals surface area contributed by atoms with E-state index in [1.165, 1.54) is 11.1 Å². The number of ether oxygens (including phenoxy) is 1. The Balaban J connectivity index is 1.42. The summed E-state index contributed by atoms with van der Waals surface area (Å²) in [7, 11) is 0. The Morgan fingerprint density at radius 1 is 0.929 bits per heavy atom. The molecule has 0 N–H and O–H groups in total. The van der Waals surface area contributed by atoms with Crippen LogP contribution in [0.1, 0.15) is 31.9 Å². The maximum atomic E-state index is 12.4. The Morgan fingerprint density at radius 2 is 1.39 bits per heavy atom. The monoisotopic (exact) mass is 378 g/mol. The number of carbonyl (C=O) groups excluding carboxylic acids is 1. The molecular weight excluding hydrogens is 348 g/mol. The van der Waals surface area contributed by atoms with Gasteiger partial charge in [0.1, 0.15) is 5.60 Å². The number of carbonyl (C=O) groups is 1. The zero-order valence-corrected chi connectivity index (χ0v) is 17.0. The van der Waals surface area contributed by atoms with Gasteiger partial charge in [-0.25, -0.2) is 4.79 Å². The molecule has 1 saturated heterocycles. The maximum Gasteiger partial charge on any atom is 0.410 e. The number of nitrogens with zero attached hydrogens (tertiary/aromatic N) is 2. The topological polar surface area (TPSA) is 32.8 Å². The van der Waals surface area contributed by atoms with Gasteiger partial charge in [-0.3, -0.25) is 4.90 Å². The predicted octanol–water partition coefficient (Wildman–Crippen LogP) is 4.55. The van der Waals surface area contributed by atoms with E-state index in [0.717, 1.165) is 26.2 Å². The van der Waals surface area contributed by atoms with Crippen LogP contribution in [0.25, 0.3) is 0 Å². The quantitative estimate of drug-likeness (QED) is 0.765. The average molecular weight is 379 g/mol. The van der Waals surface area contributed by atoms with E-state index in [1.807, 2.05) is 25.7 Å². The van der Waals surface area contributed by atoms with E-state index in [4.69, 9.17) is 4.74 Å². The summed E-state index contributed by atoms with van der Waals surface area (Å²) in [4.78, 5) is 16.9. The highest BCUT2D eigenvalue weighted by molar-refractivity contribution is 5.69. The van der Waals surface area contributed by atoms with E-state index < -0.39 is 5.60 Å². The number of amides is 1. The van der Waals surface area contributed by atoms with Gasteiger partial charge in [-0.1, -0.05) is 60.7 Å². The van der Waals surface area contributed by atoms with Gasteiger partial charge in [-0.05, 0) is 43.7 Å². The molecule has 3 atom stereocenters. The number of likely N-dealkylation sites (tertiary alicyclic amines) is 1. The second kappa shape index (κ2) is 7.59. The van der Waals surface area contributed by atoms with Gasteiger partial charge in [0.25, 0.3) is 0 Å². The lowest BCUT2D eigenvalue weighted by molar-refractivity contribution is 0.0253. The molecule has 4 heteroatoms. The maximum absolute atomic E-state index is 12.4. The van der Waals surface area contributed by atoms with Crippen LogP contribution in [0.2, 0.25) is 0 Å². The van der Waals surface area contributed by atoms with Gasteiger partial charge < -0.3 is 9.64 Å². The molecule has 1 heterocycles. The zero-order valence-electron chi connectivity index (χ0n) is 17.0. The number of benzene rings is 2. The van der Waals surface area contributed by atoms with Gasteiger partial charge in [0.2, 0.25) is 0 Å². The van der Waals surface area contributed by atoms with Crippen molar-refractivity contribution in [2.24, 2.45) is 11.8 Å². The van der Waals surface area contributed by atoms with Crippen molar-refractivity contribution >= 4 is 6.09 Å². The van der Waals surface area contributed by atoms with Crippen molar-refractivity contribution in [1.82, 2.24) is 9.80 Å². The van der Waals surface area contributed by atoms with E-state index in [0.29, 0.717) is 17.9 Å². The van der Waals surface area contributed by atoms with Gasteiger partial charge in [-0.2, -0.15) is 0 Å². The third kappa shape index (κ3) is 4.39. The fourth-order valence-electron chi connectivity index (χ4n) is 4.41. The molecule has 2 fully saturated rings. The van der Waals surface area contributed by atoms with Crippen molar-refractivity contribution in [1.29, 1.82) is 0 Å². The molecule has 0 radical (unpaired) electrons. The standard InChI is InChI=1S/C24H30N2O2/c1-24(2,3)28-23(27)26-16-20-21(17-26)22(20)25(14-18-10-6-4-7-11-18)15-19-12-8-5-9-13-19/h4-13,20-22H,14-17H2,1-3H3/t20-,21+,22+. The summed E-state index contributed by atoms with van der Waals surface area (Å²) in [6.07, 6.45) is -0.170. The molecule has 2 aliphatic rings. The highest BCUT2D eigenvalue weighted by Gasteiger charge is 2.59. The minimum absolute atomic E-state index is 0.170. The zero-order chi connectivity index (χ0) is 19.7. The largest absolute Gasteiger partial charge is 0.444 e. The molecule has 0 aromatic heterocycles. The third-order valence-electron chi connectivity index (χ3n) is 5.68. The smallest absolute Gasteiger partial charge is 0.410 e. The van der Waals surface area contributed by atoms with Gasteiger partial charge in [0.15, 0.2) is 0 Å². The third-order valence-corrected chi connectivity index (χ3v) is 5.68. The number of fused-ring (bicyclic) bond motifs is 1. The molecule has 1 aliphatic carbocycles. The Morgan fingerprint density at radius 3 is 1.82 bits per heavy atom. The SMILES string of the molecule is CC(C)(C)OC(=O)N1C[C@@H]2[C@H](C1)[C@H]2N(Cc1ccccc1)Cc1ccccc1. The normalized spacial score (nSPS) is 23.6. The van der Waals surface area contributed by atoms with Crippen molar-refractivity contribution in [3.63, 3.8) is 0 Å². The fourth-order valence-corrected chi connectivity index (χ4v) is 4.41. The van der Waals surface area contributed by atoms with Gasteiger partial charge in [-0.15, -0.1) is 0 Å². The van der Waals surface area contributed by atoms with Crippen molar-refractivity contribution in [3.05, 3.63) is 71.8 Å². The number of piperidine rings is 1. The molecule has 28 heavy (non-hydrogen) atoms. The first-order valence-corrected chi connectivity index (χ1v) is 10.2. The molecule has 1 amide bonds. The fraction of sp³-hybridized carbons (Fsp3) is 0.458. The summed E-state index contributed by atoms with van der Waals surface area (Å²) >= 11 is 0. The van der Waals surface area contributed by atoms with Crippen molar-refractivity contribution in [2.75, 3.05) is 13.1 Å². The van der Waals surface area contributed by atoms with Gasteiger partial charge in [0.05, 0.1) is 0 Å². The van der Waals surface area contributed by atoms with Crippen LogP contribution in [0, 0.1) is 11.8 Å². The Hall–Kier alpha value is -2.33. The average Bonchev–Trinajstić information content (AvgIpc) is 3.14. The minimum atomic E-state index is -0.435. The lowest BCUT2D eigenvalue weighted by Crippen LogP contribution is -2.40. The van der Waals surface area contributed by atoms with E-state index in [9.17, 15) is 4.79 Å². The van der Waals surface area contributed by atoms with E-state index in [2.05, 4.69) is 65.6 Å². The summed E-state index contributed by atoms with van der Waals surface area (Å²) in [6.45, 7) is 9.28. The van der Waals surface area contributed by atoms with E-state index in [1.54, 1.807) is 0 Å². The Labute approximate surface area is 168 Å². The van der Waals surface area contributed by atoms with E-state index in [-0.39, 0.29) is 6.09 Å². The molecular formula is C24H30N2O2. The van der Waals surface area contributed by atoms with Crippen LogP contribution in [0.3, 0.4) is 0 Å². The summed E-state index contributed by atoms with van der Waals surface area (Å²) in [6, 6.07) is 21.9. The molecule has 4 nitrogen and oxygen atoms in total. The van der Waals surface area contributed by atoms with Gasteiger partial charge in [0, 0.05) is 32.2 Å². The summed E-state index contributed by atoms with van der Waals surface area (Å²) < 4.78 is 5.55. The second-order valence-electron chi connectivity index (χ2n) is 9.08. The van der Waals surface area contributed by atoms with Crippen molar-refractivity contribution in [3.8, 4) is 0 Å². The van der Waals surface area contributed by atoms with Crippen LogP contribution >= 0.6 is 0 Å². The highest BCUT2D eigenvalue weighted by atomic mass is 16.6. The summed E-state index contributed by atoms with van der Waals surface area (Å²) in [5.41, 5.74) is 2.25. The molecule has 148 valence electrons. The van der Waals surface area contributed by atoms with Crippen LogP contribution in [0.5, 0.6) is 0 Å². The second-order valence-corrected chi connectivity index (χ2v) is 9.08. The van der Waals surface area contributed by atoms with Crippen LogP contribution in [-0.2, 0) is 17.8 Å². The van der Waals surface area contributed by atoms with Crippen LogP contribution in [-0.4, -0.2) is 40.6 Å². The number of hydrogen-bond donors (Lipinski definition) is 0.